The van der Waals surface area contributed by atoms with Gasteiger partial charge in [-0.05, 0) is 25.2 Å². The molecule has 0 saturated carbocycles. The maximum atomic E-state index is 12.7. The van der Waals surface area contributed by atoms with Gasteiger partial charge < -0.3 is 14.2 Å². The van der Waals surface area contributed by atoms with Gasteiger partial charge in [0, 0.05) is 19.3 Å². The summed E-state index contributed by atoms with van der Waals surface area (Å²) in [6.07, 6.45) is 45.0. The summed E-state index contributed by atoms with van der Waals surface area (Å²) in [6.45, 7) is 9.02. The molecule has 0 rings (SSSR count). The van der Waals surface area contributed by atoms with Crippen LogP contribution in [0.2, 0.25) is 0 Å². The maximum Gasteiger partial charge on any atom is 0.306 e. The molecule has 0 N–H and O–H groups in total. The molecule has 0 fully saturated rings. The molecule has 6 heteroatoms. The standard InChI is InChI=1S/C50H96O6/c1-5-8-10-12-14-16-18-20-21-23-24-29-33-37-41-48(51)54-44-47(56-50(53)43-39-35-31-25-22-19-17-15-13-11-9-6-2)45-55-49(52)42-38-34-30-27-26-28-32-36-40-46(4)7-3/h46-47H,5-45H2,1-4H3/t46?,47-/m0/s1. The van der Waals surface area contributed by atoms with Crippen LogP contribution >= 0.6 is 0 Å². The third kappa shape index (κ3) is 42.0. The maximum absolute atomic E-state index is 12.7. The van der Waals surface area contributed by atoms with Gasteiger partial charge in [-0.2, -0.15) is 0 Å². The molecule has 0 aromatic heterocycles. The van der Waals surface area contributed by atoms with Crippen molar-refractivity contribution in [3.8, 4) is 0 Å². The Bertz CT molecular complexity index is 843. The second kappa shape index (κ2) is 44.5. The lowest BCUT2D eigenvalue weighted by Gasteiger charge is -2.18. The fourth-order valence-corrected chi connectivity index (χ4v) is 7.48. The molecule has 0 aliphatic rings. The first-order valence-electron chi connectivity index (χ1n) is 24.9. The van der Waals surface area contributed by atoms with Crippen LogP contribution in [0.4, 0.5) is 0 Å². The van der Waals surface area contributed by atoms with Crippen molar-refractivity contribution >= 4 is 17.9 Å². The number of hydrogen-bond donors (Lipinski definition) is 0. The average molecular weight is 793 g/mol. The van der Waals surface area contributed by atoms with Crippen LogP contribution in [0, 0.1) is 5.92 Å². The first-order valence-corrected chi connectivity index (χ1v) is 24.9. The Kier molecular flexibility index (Phi) is 43.2. The monoisotopic (exact) mass is 793 g/mol. The number of rotatable bonds is 45. The fourth-order valence-electron chi connectivity index (χ4n) is 7.48. The van der Waals surface area contributed by atoms with E-state index in [-0.39, 0.29) is 31.1 Å². The molecule has 0 spiro atoms. The average Bonchev–Trinajstić information content (AvgIpc) is 3.19. The van der Waals surface area contributed by atoms with Gasteiger partial charge in [-0.1, -0.05) is 240 Å². The van der Waals surface area contributed by atoms with Gasteiger partial charge in [-0.15, -0.1) is 0 Å². The summed E-state index contributed by atoms with van der Waals surface area (Å²) in [4.78, 5) is 37.8. The second-order valence-corrected chi connectivity index (χ2v) is 17.3. The zero-order valence-corrected chi connectivity index (χ0v) is 38.1. The summed E-state index contributed by atoms with van der Waals surface area (Å²) in [5.41, 5.74) is 0. The smallest absolute Gasteiger partial charge is 0.306 e. The van der Waals surface area contributed by atoms with E-state index in [4.69, 9.17) is 14.2 Å². The number of ether oxygens (including phenoxy) is 3. The van der Waals surface area contributed by atoms with E-state index in [1.807, 2.05) is 0 Å². The van der Waals surface area contributed by atoms with Crippen LogP contribution in [-0.4, -0.2) is 37.2 Å². The van der Waals surface area contributed by atoms with Crippen LogP contribution in [0.5, 0.6) is 0 Å². The van der Waals surface area contributed by atoms with Gasteiger partial charge in [-0.25, -0.2) is 0 Å². The number of unbranched alkanes of at least 4 members (excludes halogenated alkanes) is 31. The van der Waals surface area contributed by atoms with Crippen molar-refractivity contribution in [2.24, 2.45) is 5.92 Å². The van der Waals surface area contributed by atoms with E-state index in [2.05, 4.69) is 27.7 Å². The number of carbonyl (C=O) groups excluding carboxylic acids is 3. The van der Waals surface area contributed by atoms with Crippen molar-refractivity contribution in [2.45, 2.75) is 284 Å². The lowest BCUT2D eigenvalue weighted by atomic mass is 9.99. The molecule has 0 aliphatic carbocycles. The summed E-state index contributed by atoms with van der Waals surface area (Å²) in [5.74, 6) is -0.000526. The minimum Gasteiger partial charge on any atom is -0.462 e. The number of hydrogen-bond acceptors (Lipinski definition) is 6. The van der Waals surface area contributed by atoms with Crippen molar-refractivity contribution in [2.75, 3.05) is 13.2 Å². The largest absolute Gasteiger partial charge is 0.462 e. The fraction of sp³-hybridized carbons (Fsp3) is 0.940. The third-order valence-electron chi connectivity index (χ3n) is 11.7. The highest BCUT2D eigenvalue weighted by molar-refractivity contribution is 5.71. The summed E-state index contributed by atoms with van der Waals surface area (Å²) >= 11 is 0. The highest BCUT2D eigenvalue weighted by Gasteiger charge is 2.19. The van der Waals surface area contributed by atoms with Gasteiger partial charge >= 0.3 is 17.9 Å². The van der Waals surface area contributed by atoms with E-state index in [0.29, 0.717) is 19.3 Å². The van der Waals surface area contributed by atoms with E-state index in [9.17, 15) is 14.4 Å². The van der Waals surface area contributed by atoms with Crippen LogP contribution in [-0.2, 0) is 28.6 Å². The predicted octanol–water partition coefficient (Wildman–Crippen LogP) is 15.9. The van der Waals surface area contributed by atoms with Crippen LogP contribution < -0.4 is 0 Å². The normalized spacial score (nSPS) is 12.4. The molecule has 2 atom stereocenters. The molecule has 0 radical (unpaired) electrons. The lowest BCUT2D eigenvalue weighted by Crippen LogP contribution is -2.30. The zero-order chi connectivity index (χ0) is 41.0. The number of esters is 3. The summed E-state index contributed by atoms with van der Waals surface area (Å²) in [5, 5.41) is 0. The molecular weight excluding hydrogens is 697 g/mol. The molecule has 56 heavy (non-hydrogen) atoms. The Labute approximate surface area is 348 Å². The van der Waals surface area contributed by atoms with Gasteiger partial charge in [-0.3, -0.25) is 14.4 Å². The Morgan fingerprint density at radius 1 is 0.357 bits per heavy atom. The SMILES string of the molecule is CCCCCCCCCCCCCCCCC(=O)OC[C@@H](COC(=O)CCCCCCCCCCC(C)CC)OC(=O)CCCCCCCCCCCCCC. The van der Waals surface area contributed by atoms with Gasteiger partial charge in [0.2, 0.25) is 0 Å². The van der Waals surface area contributed by atoms with Crippen LogP contribution in [0.25, 0.3) is 0 Å². The van der Waals surface area contributed by atoms with Crippen molar-refractivity contribution in [3.63, 3.8) is 0 Å². The molecule has 0 saturated heterocycles. The highest BCUT2D eigenvalue weighted by atomic mass is 16.6. The molecule has 0 amide bonds. The third-order valence-corrected chi connectivity index (χ3v) is 11.7. The molecule has 332 valence electrons. The quantitative estimate of drug-likeness (QED) is 0.0347. The molecule has 0 heterocycles. The van der Waals surface area contributed by atoms with Gasteiger partial charge in [0.1, 0.15) is 13.2 Å². The molecule has 0 aliphatic heterocycles. The first-order chi connectivity index (χ1) is 27.4. The van der Waals surface area contributed by atoms with E-state index in [1.165, 1.54) is 173 Å². The van der Waals surface area contributed by atoms with Crippen LogP contribution in [0.15, 0.2) is 0 Å². The molecule has 0 bridgehead atoms. The van der Waals surface area contributed by atoms with Gasteiger partial charge in [0.05, 0.1) is 0 Å². The zero-order valence-electron chi connectivity index (χ0n) is 38.1. The Morgan fingerprint density at radius 2 is 0.625 bits per heavy atom. The van der Waals surface area contributed by atoms with Gasteiger partial charge in [0.15, 0.2) is 6.10 Å². The Morgan fingerprint density at radius 3 is 0.929 bits per heavy atom. The van der Waals surface area contributed by atoms with E-state index < -0.39 is 6.10 Å². The summed E-state index contributed by atoms with van der Waals surface area (Å²) in [6, 6.07) is 0. The van der Waals surface area contributed by atoms with Crippen molar-refractivity contribution < 1.29 is 28.6 Å². The molecule has 6 nitrogen and oxygen atoms in total. The van der Waals surface area contributed by atoms with Crippen molar-refractivity contribution in [1.82, 2.24) is 0 Å². The Hall–Kier alpha value is -1.59. The molecule has 0 aromatic carbocycles. The van der Waals surface area contributed by atoms with E-state index in [0.717, 1.165) is 63.7 Å². The predicted molar refractivity (Wildman–Crippen MR) is 238 cm³/mol. The Balaban J connectivity index is 4.32. The minimum atomic E-state index is -0.760. The second-order valence-electron chi connectivity index (χ2n) is 17.3. The van der Waals surface area contributed by atoms with Crippen molar-refractivity contribution in [1.29, 1.82) is 0 Å². The molecule has 1 unspecified atom stereocenters. The van der Waals surface area contributed by atoms with Crippen LogP contribution in [0.3, 0.4) is 0 Å². The van der Waals surface area contributed by atoms with E-state index >= 15 is 0 Å². The lowest BCUT2D eigenvalue weighted by molar-refractivity contribution is -0.167. The van der Waals surface area contributed by atoms with E-state index in [1.54, 1.807) is 0 Å². The molecular formula is C50H96O6. The van der Waals surface area contributed by atoms with Crippen molar-refractivity contribution in [3.05, 3.63) is 0 Å². The minimum absolute atomic E-state index is 0.0632. The molecule has 0 aromatic rings. The number of carbonyl (C=O) groups is 3. The van der Waals surface area contributed by atoms with Gasteiger partial charge in [0.25, 0.3) is 0 Å². The first kappa shape index (κ1) is 54.4. The highest BCUT2D eigenvalue weighted by Crippen LogP contribution is 2.17. The summed E-state index contributed by atoms with van der Waals surface area (Å²) < 4.78 is 16.8. The topological polar surface area (TPSA) is 78.9 Å². The summed E-state index contributed by atoms with van der Waals surface area (Å²) in [7, 11) is 0. The van der Waals surface area contributed by atoms with Crippen LogP contribution in [0.1, 0.15) is 278 Å².